The molecule has 0 aromatic carbocycles. The van der Waals surface area contributed by atoms with E-state index >= 15 is 0 Å². The van der Waals surface area contributed by atoms with Crippen molar-refractivity contribution in [3.05, 3.63) is 0 Å². The van der Waals surface area contributed by atoms with Gasteiger partial charge in [-0.15, -0.1) is 0 Å². The first-order valence-electron chi connectivity index (χ1n) is 3.25. The zero-order chi connectivity index (χ0) is 7.14. The molecule has 4 heteroatoms. The van der Waals surface area contributed by atoms with E-state index in [-0.39, 0.29) is 12.2 Å². The van der Waals surface area contributed by atoms with E-state index in [0.717, 1.165) is 0 Å². The van der Waals surface area contributed by atoms with Crippen molar-refractivity contribution in [1.82, 2.24) is 0 Å². The molecule has 3 atom stereocenters. The molecule has 10 heavy (non-hydrogen) atoms. The number of rotatable bonds is 1. The molecule has 0 bridgehead atoms. The summed E-state index contributed by atoms with van der Waals surface area (Å²) in [6, 6.07) is 0. The molecule has 0 aliphatic carbocycles. The van der Waals surface area contributed by atoms with E-state index in [1.165, 1.54) is 0 Å². The lowest BCUT2D eigenvalue weighted by atomic mass is 10.1. The number of carboxylic acid groups (broad SMARTS) is 1. The molecule has 56 valence electrons. The normalized spacial score (nSPS) is 44.2. The van der Waals surface area contributed by atoms with Crippen LogP contribution in [0.2, 0.25) is 0 Å². The van der Waals surface area contributed by atoms with Crippen LogP contribution in [0, 0.1) is 0 Å². The number of fused-ring (bicyclic) bond motifs is 1. The van der Waals surface area contributed by atoms with Crippen LogP contribution in [-0.4, -0.2) is 30.9 Å². The second kappa shape index (κ2) is 1.93. The topological polar surface area (TPSA) is 61.9 Å². The molecular weight excluding hydrogens is 136 g/mol. The average Bonchev–Trinajstić information content (AvgIpc) is 2.63. The summed E-state index contributed by atoms with van der Waals surface area (Å²) < 4.78 is 9.95. The van der Waals surface area contributed by atoms with Gasteiger partial charge in [0.1, 0.15) is 6.10 Å². The maximum absolute atomic E-state index is 10.2. The van der Waals surface area contributed by atoms with Gasteiger partial charge < -0.3 is 19.4 Å². The number of carboxylic acids is 1. The van der Waals surface area contributed by atoms with Crippen LogP contribution >= 0.6 is 0 Å². The second-order valence-electron chi connectivity index (χ2n) is 2.59. The molecule has 2 fully saturated rings. The fourth-order valence-corrected chi connectivity index (χ4v) is 1.19. The predicted molar refractivity (Wildman–Crippen MR) is 28.0 cm³/mol. The highest BCUT2D eigenvalue weighted by Gasteiger charge is 2.45. The number of carbonyl (C=O) groups excluding carboxylic acids is 1. The van der Waals surface area contributed by atoms with Crippen molar-refractivity contribution in [3.8, 4) is 0 Å². The van der Waals surface area contributed by atoms with Crippen LogP contribution in [0.4, 0.5) is 0 Å². The minimum absolute atomic E-state index is 0.122. The molecule has 0 aromatic heterocycles. The monoisotopic (exact) mass is 143 g/mol. The average molecular weight is 143 g/mol. The summed E-state index contributed by atoms with van der Waals surface area (Å²) in [7, 11) is 0. The van der Waals surface area contributed by atoms with E-state index in [9.17, 15) is 9.90 Å². The van der Waals surface area contributed by atoms with Crippen molar-refractivity contribution >= 4 is 5.97 Å². The van der Waals surface area contributed by atoms with Crippen molar-refractivity contribution in [2.45, 2.75) is 24.7 Å². The highest BCUT2D eigenvalue weighted by molar-refractivity contribution is 5.70. The number of hydrogen-bond donors (Lipinski definition) is 0. The van der Waals surface area contributed by atoms with Gasteiger partial charge in [0.15, 0.2) is 0 Å². The molecule has 0 aromatic rings. The summed E-state index contributed by atoms with van der Waals surface area (Å²) in [6.45, 7) is 0.406. The van der Waals surface area contributed by atoms with E-state index in [4.69, 9.17) is 9.47 Å². The first-order chi connectivity index (χ1) is 4.77. The Morgan fingerprint density at radius 2 is 2.30 bits per heavy atom. The summed E-state index contributed by atoms with van der Waals surface area (Å²) >= 11 is 0. The van der Waals surface area contributed by atoms with Gasteiger partial charge in [-0.25, -0.2) is 0 Å². The molecule has 0 radical (unpaired) electrons. The quantitative estimate of drug-likeness (QED) is 0.410. The summed E-state index contributed by atoms with van der Waals surface area (Å²) in [6.07, 6.45) is -0.0106. The highest BCUT2D eigenvalue weighted by Crippen LogP contribution is 2.31. The third kappa shape index (κ3) is 0.892. The molecule has 0 N–H and O–H groups in total. The van der Waals surface area contributed by atoms with Gasteiger partial charge in [-0.3, -0.25) is 0 Å². The van der Waals surface area contributed by atoms with E-state index < -0.39 is 12.1 Å². The SMILES string of the molecule is O=C([O-])C1CC2OC2CO1. The Morgan fingerprint density at radius 3 is 2.90 bits per heavy atom. The standard InChI is InChI=1S/C6H8O4/c7-6(8)4-1-3-5(10-3)2-9-4/h3-5H,1-2H2,(H,7,8)/p-1. The molecule has 2 heterocycles. The molecule has 2 rings (SSSR count). The molecule has 0 amide bonds. The Bertz CT molecular complexity index is 167. The number of epoxide rings is 1. The van der Waals surface area contributed by atoms with Gasteiger partial charge in [0.2, 0.25) is 0 Å². The minimum Gasteiger partial charge on any atom is -0.547 e. The van der Waals surface area contributed by atoms with Crippen LogP contribution in [0.3, 0.4) is 0 Å². The van der Waals surface area contributed by atoms with E-state index in [1.54, 1.807) is 0 Å². The number of carbonyl (C=O) groups is 1. The molecule has 2 aliphatic rings. The van der Waals surface area contributed by atoms with Gasteiger partial charge in [0, 0.05) is 6.42 Å². The smallest absolute Gasteiger partial charge is 0.108 e. The Morgan fingerprint density at radius 1 is 1.50 bits per heavy atom. The third-order valence-electron chi connectivity index (χ3n) is 1.86. The van der Waals surface area contributed by atoms with E-state index in [2.05, 4.69) is 0 Å². The fraction of sp³-hybridized carbons (Fsp3) is 0.833. The van der Waals surface area contributed by atoms with Crippen molar-refractivity contribution in [3.63, 3.8) is 0 Å². The van der Waals surface area contributed by atoms with Crippen molar-refractivity contribution < 1.29 is 19.4 Å². The summed E-state index contributed by atoms with van der Waals surface area (Å²) in [5, 5.41) is 10.2. The predicted octanol–water partition coefficient (Wildman–Crippen LogP) is -1.71. The zero-order valence-corrected chi connectivity index (χ0v) is 5.28. The Labute approximate surface area is 57.7 Å². The molecular formula is C6H7O4-. The Hall–Kier alpha value is -0.610. The summed E-state index contributed by atoms with van der Waals surface area (Å²) in [5.74, 6) is -1.13. The van der Waals surface area contributed by atoms with Crippen LogP contribution in [0.5, 0.6) is 0 Å². The zero-order valence-electron chi connectivity index (χ0n) is 5.28. The largest absolute Gasteiger partial charge is 0.547 e. The van der Waals surface area contributed by atoms with Crippen LogP contribution in [0.15, 0.2) is 0 Å². The maximum Gasteiger partial charge on any atom is 0.108 e. The van der Waals surface area contributed by atoms with E-state index in [1.807, 2.05) is 0 Å². The van der Waals surface area contributed by atoms with Gasteiger partial charge in [-0.05, 0) is 0 Å². The van der Waals surface area contributed by atoms with Gasteiger partial charge in [0.25, 0.3) is 0 Å². The maximum atomic E-state index is 10.2. The first kappa shape index (κ1) is 6.12. The minimum atomic E-state index is -1.13. The van der Waals surface area contributed by atoms with Crippen molar-refractivity contribution in [2.24, 2.45) is 0 Å². The molecule has 3 unspecified atom stereocenters. The summed E-state index contributed by atoms with van der Waals surface area (Å²) in [4.78, 5) is 10.2. The number of hydrogen-bond acceptors (Lipinski definition) is 4. The Kier molecular flexibility index (Phi) is 1.18. The van der Waals surface area contributed by atoms with Gasteiger partial charge in [-0.2, -0.15) is 0 Å². The van der Waals surface area contributed by atoms with Crippen molar-refractivity contribution in [2.75, 3.05) is 6.61 Å². The van der Waals surface area contributed by atoms with Crippen LogP contribution < -0.4 is 5.11 Å². The van der Waals surface area contributed by atoms with Crippen LogP contribution in [-0.2, 0) is 14.3 Å². The molecule has 0 spiro atoms. The lowest BCUT2D eigenvalue weighted by Gasteiger charge is -2.20. The molecule has 2 aliphatic heterocycles. The first-order valence-corrected chi connectivity index (χ1v) is 3.25. The summed E-state index contributed by atoms with van der Waals surface area (Å²) in [5.41, 5.74) is 0. The Balaban J connectivity index is 1.94. The van der Waals surface area contributed by atoms with Gasteiger partial charge >= 0.3 is 0 Å². The van der Waals surface area contributed by atoms with Crippen LogP contribution in [0.25, 0.3) is 0 Å². The lowest BCUT2D eigenvalue weighted by molar-refractivity contribution is -0.317. The van der Waals surface area contributed by atoms with Gasteiger partial charge in [-0.1, -0.05) is 0 Å². The van der Waals surface area contributed by atoms with Crippen molar-refractivity contribution in [1.29, 1.82) is 0 Å². The molecule has 0 saturated carbocycles. The lowest BCUT2D eigenvalue weighted by Crippen LogP contribution is -2.41. The van der Waals surface area contributed by atoms with E-state index in [0.29, 0.717) is 13.0 Å². The highest BCUT2D eigenvalue weighted by atomic mass is 16.6. The number of aliphatic carboxylic acids is 1. The third-order valence-corrected chi connectivity index (χ3v) is 1.86. The molecule has 2 saturated heterocycles. The fourth-order valence-electron chi connectivity index (χ4n) is 1.19. The molecule has 4 nitrogen and oxygen atoms in total. The van der Waals surface area contributed by atoms with Crippen LogP contribution in [0.1, 0.15) is 6.42 Å². The van der Waals surface area contributed by atoms with Gasteiger partial charge in [0.05, 0.1) is 24.8 Å². The second-order valence-corrected chi connectivity index (χ2v) is 2.59. The number of ether oxygens (including phenoxy) is 2.